The van der Waals surface area contributed by atoms with Crippen molar-refractivity contribution >= 4 is 11.7 Å². The van der Waals surface area contributed by atoms with Crippen molar-refractivity contribution < 1.29 is 4.79 Å². The van der Waals surface area contributed by atoms with Gasteiger partial charge in [-0.25, -0.2) is 9.97 Å². The topological polar surface area (TPSA) is 61.4 Å². The largest absolute Gasteiger partial charge is 0.366 e. The molecule has 0 radical (unpaired) electrons. The molecular weight excluding hydrogens is 290 g/mol. The van der Waals surface area contributed by atoms with Crippen LogP contribution in [0.4, 0.5) is 5.82 Å². The van der Waals surface area contributed by atoms with E-state index in [4.69, 9.17) is 0 Å². The summed E-state index contributed by atoms with van der Waals surface area (Å²) < 4.78 is 0. The molecule has 1 aromatic rings. The van der Waals surface area contributed by atoms with Gasteiger partial charge in [-0.1, -0.05) is 25.7 Å². The van der Waals surface area contributed by atoms with Gasteiger partial charge in [0.1, 0.15) is 11.5 Å². The third kappa shape index (κ3) is 4.41. The van der Waals surface area contributed by atoms with Crippen LogP contribution in [0.25, 0.3) is 0 Å². The first-order valence-corrected chi connectivity index (χ1v) is 8.79. The zero-order valence-electron chi connectivity index (χ0n) is 14.0. The smallest absolute Gasteiger partial charge is 0.274 e. The van der Waals surface area contributed by atoms with E-state index in [1.54, 1.807) is 12.4 Å². The van der Waals surface area contributed by atoms with Crippen molar-refractivity contribution in [1.29, 1.82) is 0 Å². The van der Waals surface area contributed by atoms with Crippen molar-refractivity contribution in [2.75, 3.05) is 38.5 Å². The highest BCUT2D eigenvalue weighted by atomic mass is 16.2. The summed E-state index contributed by atoms with van der Waals surface area (Å²) in [5.74, 6) is 0.776. The van der Waals surface area contributed by atoms with Crippen LogP contribution in [0.1, 0.15) is 49.0 Å². The molecule has 0 unspecified atom stereocenters. The number of anilines is 1. The van der Waals surface area contributed by atoms with Crippen LogP contribution in [0.3, 0.4) is 0 Å². The Labute approximate surface area is 138 Å². The number of piperazine rings is 1. The maximum atomic E-state index is 12.4. The fourth-order valence-corrected chi connectivity index (χ4v) is 3.32. The second-order valence-corrected chi connectivity index (χ2v) is 6.72. The van der Waals surface area contributed by atoms with Gasteiger partial charge in [-0.2, -0.15) is 0 Å². The van der Waals surface area contributed by atoms with Gasteiger partial charge < -0.3 is 15.1 Å². The second-order valence-electron chi connectivity index (χ2n) is 6.72. The number of aromatic nitrogens is 2. The molecule has 1 aliphatic carbocycles. The van der Waals surface area contributed by atoms with Gasteiger partial charge in [-0.15, -0.1) is 0 Å². The molecule has 6 heteroatoms. The number of nitrogens with one attached hydrogen (secondary N) is 1. The highest BCUT2D eigenvalue weighted by Gasteiger charge is 2.21. The Kier molecular flexibility index (Phi) is 5.43. The summed E-state index contributed by atoms with van der Waals surface area (Å²) in [5.41, 5.74) is 0.445. The summed E-state index contributed by atoms with van der Waals surface area (Å²) in [6.45, 7) is 3.36. The van der Waals surface area contributed by atoms with E-state index in [1.165, 1.54) is 38.5 Å². The Morgan fingerprint density at radius 3 is 2.35 bits per heavy atom. The number of rotatable bonds is 3. The number of carbonyl (C=O) groups is 1. The van der Waals surface area contributed by atoms with E-state index in [1.807, 2.05) is 4.90 Å². The highest BCUT2D eigenvalue weighted by Crippen LogP contribution is 2.20. The summed E-state index contributed by atoms with van der Waals surface area (Å²) in [4.78, 5) is 25.3. The van der Waals surface area contributed by atoms with Gasteiger partial charge >= 0.3 is 0 Å². The van der Waals surface area contributed by atoms with E-state index in [2.05, 4.69) is 27.2 Å². The molecule has 2 fully saturated rings. The Morgan fingerprint density at radius 1 is 1.04 bits per heavy atom. The summed E-state index contributed by atoms with van der Waals surface area (Å²) in [6.07, 6.45) is 10.9. The van der Waals surface area contributed by atoms with Crippen LogP contribution in [-0.2, 0) is 0 Å². The monoisotopic (exact) mass is 317 g/mol. The van der Waals surface area contributed by atoms with E-state index in [0.717, 1.165) is 32.0 Å². The molecule has 0 atom stereocenters. The van der Waals surface area contributed by atoms with Gasteiger partial charge in [-0.05, 0) is 19.9 Å². The second kappa shape index (κ2) is 7.73. The Hall–Kier alpha value is -1.69. The molecule has 0 aromatic carbocycles. The maximum Gasteiger partial charge on any atom is 0.274 e. The minimum atomic E-state index is -0.00776. The zero-order chi connectivity index (χ0) is 16.1. The Bertz CT molecular complexity index is 502. The lowest BCUT2D eigenvalue weighted by Crippen LogP contribution is -2.47. The van der Waals surface area contributed by atoms with Crippen molar-refractivity contribution in [2.45, 2.75) is 44.6 Å². The molecule has 1 saturated carbocycles. The lowest BCUT2D eigenvalue weighted by atomic mass is 10.1. The van der Waals surface area contributed by atoms with Crippen molar-refractivity contribution in [3.05, 3.63) is 18.1 Å². The van der Waals surface area contributed by atoms with Gasteiger partial charge in [0, 0.05) is 32.2 Å². The number of hydrogen-bond donors (Lipinski definition) is 1. The molecule has 2 heterocycles. The van der Waals surface area contributed by atoms with Gasteiger partial charge in [-0.3, -0.25) is 4.79 Å². The minimum absolute atomic E-state index is 0.00776. The maximum absolute atomic E-state index is 12.4. The van der Waals surface area contributed by atoms with Crippen molar-refractivity contribution in [2.24, 2.45) is 0 Å². The highest BCUT2D eigenvalue weighted by molar-refractivity contribution is 5.92. The summed E-state index contributed by atoms with van der Waals surface area (Å²) >= 11 is 0. The molecule has 1 amide bonds. The average molecular weight is 317 g/mol. The van der Waals surface area contributed by atoms with E-state index >= 15 is 0 Å². The zero-order valence-corrected chi connectivity index (χ0v) is 14.0. The predicted molar refractivity (Wildman–Crippen MR) is 90.5 cm³/mol. The fraction of sp³-hybridized carbons (Fsp3) is 0.706. The van der Waals surface area contributed by atoms with Gasteiger partial charge in [0.2, 0.25) is 0 Å². The molecule has 2 aliphatic rings. The molecule has 3 rings (SSSR count). The van der Waals surface area contributed by atoms with Gasteiger partial charge in [0.05, 0.1) is 12.4 Å². The molecule has 1 aliphatic heterocycles. The quantitative estimate of drug-likeness (QED) is 0.864. The van der Waals surface area contributed by atoms with Crippen molar-refractivity contribution in [3.8, 4) is 0 Å². The summed E-state index contributed by atoms with van der Waals surface area (Å²) in [7, 11) is 2.08. The SMILES string of the molecule is CN1CCN(C(=O)c2cnc(NC3CCCCCC3)cn2)CC1. The van der Waals surface area contributed by atoms with E-state index < -0.39 is 0 Å². The van der Waals surface area contributed by atoms with Crippen LogP contribution < -0.4 is 5.32 Å². The average Bonchev–Trinajstić information content (AvgIpc) is 2.84. The number of carbonyl (C=O) groups excluding carboxylic acids is 1. The lowest BCUT2D eigenvalue weighted by Gasteiger charge is -2.32. The van der Waals surface area contributed by atoms with Crippen LogP contribution >= 0.6 is 0 Å². The van der Waals surface area contributed by atoms with Crippen LogP contribution in [0.5, 0.6) is 0 Å². The van der Waals surface area contributed by atoms with Gasteiger partial charge in [0.25, 0.3) is 5.91 Å². The molecule has 126 valence electrons. The normalized spacial score (nSPS) is 21.0. The van der Waals surface area contributed by atoms with E-state index in [9.17, 15) is 4.79 Å². The first kappa shape index (κ1) is 16.2. The summed E-state index contributed by atoms with van der Waals surface area (Å²) in [5, 5.41) is 3.47. The van der Waals surface area contributed by atoms with Crippen LogP contribution in [0.2, 0.25) is 0 Å². The third-order valence-corrected chi connectivity index (χ3v) is 4.87. The standard InChI is InChI=1S/C17H27N5O/c1-21-8-10-22(11-9-21)17(23)15-12-19-16(13-18-15)20-14-6-4-2-3-5-7-14/h12-14H,2-11H2,1H3,(H,19,20). The minimum Gasteiger partial charge on any atom is -0.366 e. The molecule has 0 spiro atoms. The molecule has 6 nitrogen and oxygen atoms in total. The Morgan fingerprint density at radius 2 is 1.74 bits per heavy atom. The third-order valence-electron chi connectivity index (χ3n) is 4.87. The van der Waals surface area contributed by atoms with Crippen molar-refractivity contribution in [1.82, 2.24) is 19.8 Å². The Balaban J connectivity index is 1.56. The van der Waals surface area contributed by atoms with Crippen LogP contribution in [0.15, 0.2) is 12.4 Å². The van der Waals surface area contributed by atoms with Crippen LogP contribution in [-0.4, -0.2) is 64.9 Å². The molecule has 23 heavy (non-hydrogen) atoms. The molecule has 1 aromatic heterocycles. The van der Waals surface area contributed by atoms with Crippen molar-refractivity contribution in [3.63, 3.8) is 0 Å². The lowest BCUT2D eigenvalue weighted by molar-refractivity contribution is 0.0658. The first-order valence-electron chi connectivity index (χ1n) is 8.79. The number of nitrogens with zero attached hydrogens (tertiary/aromatic N) is 4. The fourth-order valence-electron chi connectivity index (χ4n) is 3.32. The molecule has 1 saturated heterocycles. The molecule has 0 bridgehead atoms. The van der Waals surface area contributed by atoms with E-state index in [0.29, 0.717) is 11.7 Å². The molecule has 1 N–H and O–H groups in total. The number of hydrogen-bond acceptors (Lipinski definition) is 5. The number of amides is 1. The van der Waals surface area contributed by atoms with Gasteiger partial charge in [0.15, 0.2) is 0 Å². The first-order chi connectivity index (χ1) is 11.2. The predicted octanol–water partition coefficient (Wildman–Crippen LogP) is 2.00. The van der Waals surface area contributed by atoms with E-state index in [-0.39, 0.29) is 5.91 Å². The van der Waals surface area contributed by atoms with Crippen LogP contribution in [0, 0.1) is 0 Å². The number of likely N-dealkylation sites (N-methyl/N-ethyl adjacent to an activating group) is 1. The summed E-state index contributed by atoms with van der Waals surface area (Å²) in [6, 6.07) is 0.492. The molecular formula is C17H27N5O.